The van der Waals surface area contributed by atoms with Gasteiger partial charge in [0, 0.05) is 19.2 Å². The van der Waals surface area contributed by atoms with E-state index in [-0.39, 0.29) is 29.2 Å². The van der Waals surface area contributed by atoms with Gasteiger partial charge in [-0.15, -0.1) is 0 Å². The topological polar surface area (TPSA) is 84.7 Å². The van der Waals surface area contributed by atoms with Gasteiger partial charge in [-0.05, 0) is 36.4 Å². The van der Waals surface area contributed by atoms with Crippen molar-refractivity contribution in [3.8, 4) is 0 Å². The third-order valence-electron chi connectivity index (χ3n) is 4.56. The van der Waals surface area contributed by atoms with E-state index in [0.717, 1.165) is 18.2 Å². The van der Waals surface area contributed by atoms with Gasteiger partial charge in [-0.2, -0.15) is 0 Å². The van der Waals surface area contributed by atoms with Gasteiger partial charge >= 0.3 is 0 Å². The van der Waals surface area contributed by atoms with Gasteiger partial charge in [0.05, 0.1) is 10.3 Å². The van der Waals surface area contributed by atoms with Gasteiger partial charge in [-0.3, -0.25) is 9.59 Å². The van der Waals surface area contributed by atoms with Gasteiger partial charge in [-0.25, -0.2) is 12.8 Å². The van der Waals surface area contributed by atoms with Gasteiger partial charge in [0.2, 0.25) is 0 Å². The van der Waals surface area contributed by atoms with E-state index in [0.29, 0.717) is 11.0 Å². The van der Waals surface area contributed by atoms with E-state index in [4.69, 9.17) is 4.42 Å². The number of hydrogen-bond acceptors (Lipinski definition) is 5. The molecular weight excluding hydrogens is 373 g/mol. The van der Waals surface area contributed by atoms with Crippen LogP contribution in [0.3, 0.4) is 0 Å². The summed E-state index contributed by atoms with van der Waals surface area (Å²) < 4.78 is 43.5. The minimum atomic E-state index is -3.66. The number of likely N-dealkylation sites (tertiary alicyclic amines) is 1. The summed E-state index contributed by atoms with van der Waals surface area (Å²) in [4.78, 5) is 26.0. The van der Waals surface area contributed by atoms with Crippen LogP contribution in [0.25, 0.3) is 11.0 Å². The fourth-order valence-corrected chi connectivity index (χ4v) is 4.63. The van der Waals surface area contributed by atoms with Crippen molar-refractivity contribution < 1.29 is 22.0 Å². The Bertz CT molecular complexity index is 1190. The lowest BCUT2D eigenvalue weighted by molar-refractivity contribution is 0.0626. The first-order chi connectivity index (χ1) is 12.9. The zero-order chi connectivity index (χ0) is 19.2. The first kappa shape index (κ1) is 17.4. The molecule has 0 bridgehead atoms. The summed E-state index contributed by atoms with van der Waals surface area (Å²) in [5.74, 6) is -1.19. The molecule has 0 radical (unpaired) electrons. The monoisotopic (exact) mass is 387 g/mol. The average molecular weight is 387 g/mol. The summed E-state index contributed by atoms with van der Waals surface area (Å²) in [6.45, 7) is -0.0375. The molecule has 27 heavy (non-hydrogen) atoms. The summed E-state index contributed by atoms with van der Waals surface area (Å²) in [6, 6.07) is 12.3. The minimum Gasteiger partial charge on any atom is -0.451 e. The SMILES string of the molecule is O=C(c1cc(=O)c2ccccc2o1)N1CC(S(=O)(=O)c2ccc(F)cc2)C1. The van der Waals surface area contributed by atoms with Crippen LogP contribution in [0, 0.1) is 5.82 Å². The van der Waals surface area contributed by atoms with Crippen molar-refractivity contribution in [3.63, 3.8) is 0 Å². The highest BCUT2D eigenvalue weighted by Crippen LogP contribution is 2.25. The maximum Gasteiger partial charge on any atom is 0.289 e. The van der Waals surface area contributed by atoms with Crippen molar-refractivity contribution in [3.05, 3.63) is 76.4 Å². The second kappa shape index (κ2) is 6.31. The van der Waals surface area contributed by atoms with E-state index in [1.165, 1.54) is 17.0 Å². The zero-order valence-electron chi connectivity index (χ0n) is 14.0. The second-order valence-electron chi connectivity index (χ2n) is 6.30. The van der Waals surface area contributed by atoms with Crippen LogP contribution < -0.4 is 5.43 Å². The molecule has 0 unspecified atom stereocenters. The van der Waals surface area contributed by atoms with E-state index in [2.05, 4.69) is 0 Å². The fraction of sp³-hybridized carbons (Fsp3) is 0.158. The molecule has 2 heterocycles. The molecule has 4 rings (SSSR count). The number of para-hydroxylation sites is 1. The Balaban J connectivity index is 1.53. The van der Waals surface area contributed by atoms with Gasteiger partial charge in [0.15, 0.2) is 21.0 Å². The number of halogens is 1. The van der Waals surface area contributed by atoms with Gasteiger partial charge in [0.1, 0.15) is 16.7 Å². The molecule has 1 aliphatic rings. The van der Waals surface area contributed by atoms with E-state index in [9.17, 15) is 22.4 Å². The van der Waals surface area contributed by atoms with E-state index < -0.39 is 26.8 Å². The first-order valence-electron chi connectivity index (χ1n) is 8.18. The van der Waals surface area contributed by atoms with Crippen LogP contribution in [0.4, 0.5) is 4.39 Å². The molecule has 1 saturated heterocycles. The van der Waals surface area contributed by atoms with E-state index >= 15 is 0 Å². The largest absolute Gasteiger partial charge is 0.451 e. The number of carbonyl (C=O) groups excluding carboxylic acids is 1. The van der Waals surface area contributed by atoms with Crippen molar-refractivity contribution in [2.24, 2.45) is 0 Å². The van der Waals surface area contributed by atoms with Crippen LogP contribution in [0.5, 0.6) is 0 Å². The number of sulfone groups is 1. The third-order valence-corrected chi connectivity index (χ3v) is 6.67. The van der Waals surface area contributed by atoms with Gasteiger partial charge in [-0.1, -0.05) is 12.1 Å². The van der Waals surface area contributed by atoms with Crippen molar-refractivity contribution in [2.45, 2.75) is 10.1 Å². The Kier molecular flexibility index (Phi) is 4.07. The molecule has 1 fully saturated rings. The highest BCUT2D eigenvalue weighted by molar-refractivity contribution is 7.92. The fourth-order valence-electron chi connectivity index (χ4n) is 2.98. The maximum atomic E-state index is 13.0. The van der Waals surface area contributed by atoms with Gasteiger partial charge < -0.3 is 9.32 Å². The molecule has 1 amide bonds. The summed E-state index contributed by atoms with van der Waals surface area (Å²) in [7, 11) is -3.66. The molecule has 8 heteroatoms. The van der Waals surface area contributed by atoms with Crippen molar-refractivity contribution in [1.29, 1.82) is 0 Å². The molecule has 0 atom stereocenters. The normalized spacial score (nSPS) is 14.9. The molecule has 1 aromatic heterocycles. The van der Waals surface area contributed by atoms with Crippen LogP contribution in [0.1, 0.15) is 10.6 Å². The minimum absolute atomic E-state index is 0.0123. The predicted molar refractivity (Wildman–Crippen MR) is 95.8 cm³/mol. The molecule has 2 aromatic carbocycles. The van der Waals surface area contributed by atoms with Crippen LogP contribution in [0.2, 0.25) is 0 Å². The van der Waals surface area contributed by atoms with Gasteiger partial charge in [0.25, 0.3) is 5.91 Å². The molecule has 1 aliphatic heterocycles. The Hall–Kier alpha value is -3.00. The average Bonchev–Trinajstić information content (AvgIpc) is 2.60. The second-order valence-corrected chi connectivity index (χ2v) is 8.53. The van der Waals surface area contributed by atoms with Crippen LogP contribution >= 0.6 is 0 Å². The molecule has 0 aliphatic carbocycles. The highest BCUT2D eigenvalue weighted by Gasteiger charge is 2.41. The Morgan fingerprint density at radius 2 is 1.74 bits per heavy atom. The highest BCUT2D eigenvalue weighted by atomic mass is 32.2. The molecule has 0 N–H and O–H groups in total. The summed E-state index contributed by atoms with van der Waals surface area (Å²) in [5, 5.41) is -0.409. The third kappa shape index (κ3) is 3.02. The summed E-state index contributed by atoms with van der Waals surface area (Å²) in [5.41, 5.74) is -0.0411. The van der Waals surface area contributed by atoms with E-state index in [1.54, 1.807) is 24.3 Å². The summed E-state index contributed by atoms with van der Waals surface area (Å²) in [6.07, 6.45) is 0. The number of carbonyl (C=O) groups is 1. The number of rotatable bonds is 3. The van der Waals surface area contributed by atoms with Crippen molar-refractivity contribution in [1.82, 2.24) is 4.90 Å². The maximum absolute atomic E-state index is 13.0. The van der Waals surface area contributed by atoms with Crippen LogP contribution in [-0.4, -0.2) is 37.6 Å². The van der Waals surface area contributed by atoms with Crippen molar-refractivity contribution >= 4 is 26.7 Å². The van der Waals surface area contributed by atoms with E-state index in [1.807, 2.05) is 0 Å². The Morgan fingerprint density at radius 1 is 1.07 bits per heavy atom. The number of benzene rings is 2. The molecule has 0 saturated carbocycles. The number of hydrogen-bond donors (Lipinski definition) is 0. The van der Waals surface area contributed by atoms with Crippen LogP contribution in [0.15, 0.2) is 68.7 Å². The molecule has 3 aromatic rings. The molecule has 6 nitrogen and oxygen atoms in total. The number of fused-ring (bicyclic) bond motifs is 1. The Labute approximate surface area is 153 Å². The lowest BCUT2D eigenvalue weighted by Gasteiger charge is -2.38. The lowest BCUT2D eigenvalue weighted by Crippen LogP contribution is -2.56. The molecular formula is C19H14FNO5S. The predicted octanol–water partition coefficient (Wildman–Crippen LogP) is 2.23. The lowest BCUT2D eigenvalue weighted by atomic mass is 10.1. The summed E-state index contributed by atoms with van der Waals surface area (Å²) >= 11 is 0. The number of nitrogens with zero attached hydrogens (tertiary/aromatic N) is 1. The first-order valence-corrected chi connectivity index (χ1v) is 9.72. The standard InChI is InChI=1S/C19H14FNO5S/c20-12-5-7-13(8-6-12)27(24,25)14-10-21(11-14)19(23)18-9-16(22)15-3-1-2-4-17(15)26-18/h1-9,14H,10-11H2. The number of amides is 1. The van der Waals surface area contributed by atoms with Crippen LogP contribution in [-0.2, 0) is 9.84 Å². The smallest absolute Gasteiger partial charge is 0.289 e. The van der Waals surface area contributed by atoms with Crippen molar-refractivity contribution in [2.75, 3.05) is 13.1 Å². The molecule has 0 spiro atoms. The Morgan fingerprint density at radius 3 is 2.44 bits per heavy atom. The zero-order valence-corrected chi connectivity index (χ0v) is 14.8. The molecule has 138 valence electrons. The quantitative estimate of drug-likeness (QED) is 0.644.